The first-order valence-corrected chi connectivity index (χ1v) is 11.1. The summed E-state index contributed by atoms with van der Waals surface area (Å²) in [5, 5.41) is 11.4. The number of piperidine rings is 1. The van der Waals surface area contributed by atoms with Gasteiger partial charge >= 0.3 is 0 Å². The fourth-order valence-electron chi connectivity index (χ4n) is 7.30. The highest BCUT2D eigenvalue weighted by molar-refractivity contribution is 5.56. The maximum absolute atomic E-state index is 11.4. The molecule has 1 aliphatic heterocycles. The van der Waals surface area contributed by atoms with E-state index in [4.69, 9.17) is 15.5 Å². The molecule has 1 saturated heterocycles. The molecule has 0 amide bonds. The Labute approximate surface area is 174 Å². The fourth-order valence-corrected chi connectivity index (χ4v) is 7.30. The van der Waals surface area contributed by atoms with Crippen LogP contribution in [0.25, 0.3) is 0 Å². The fraction of sp³-hybridized carbons (Fsp3) is 0.667. The Morgan fingerprint density at radius 2 is 2.10 bits per heavy atom. The third kappa shape index (κ3) is 2.61. The van der Waals surface area contributed by atoms with Crippen LogP contribution in [0.1, 0.15) is 55.2 Å². The van der Waals surface area contributed by atoms with Crippen LogP contribution in [0.5, 0.6) is 5.75 Å². The van der Waals surface area contributed by atoms with E-state index in [1.54, 1.807) is 0 Å². The van der Waals surface area contributed by atoms with Crippen LogP contribution in [0.2, 0.25) is 0 Å². The maximum Gasteiger partial charge on any atom is 0.130 e. The van der Waals surface area contributed by atoms with Crippen LogP contribution in [0.4, 0.5) is 0 Å². The summed E-state index contributed by atoms with van der Waals surface area (Å²) in [6.45, 7) is 6.99. The molecule has 1 heterocycles. The van der Waals surface area contributed by atoms with Crippen LogP contribution in [0, 0.1) is 5.92 Å². The summed E-state index contributed by atoms with van der Waals surface area (Å²) in [7, 11) is 4.36. The number of phenolic OH excluding ortho intramolecular Hbond substituents is 1. The summed E-state index contributed by atoms with van der Waals surface area (Å²) >= 11 is 0. The van der Waals surface area contributed by atoms with Crippen LogP contribution < -0.4 is 5.90 Å². The Hall–Kier alpha value is -1.40. The molecule has 5 nitrogen and oxygen atoms in total. The minimum absolute atomic E-state index is 0.217. The average molecular weight is 400 g/mol. The van der Waals surface area contributed by atoms with Crippen LogP contribution in [0.15, 0.2) is 24.3 Å². The lowest BCUT2D eigenvalue weighted by molar-refractivity contribution is -0.950. The number of nitrogens with zero attached hydrogens (tertiary/aromatic N) is 1. The highest BCUT2D eigenvalue weighted by atomic mass is 16.6. The van der Waals surface area contributed by atoms with E-state index in [2.05, 4.69) is 19.7 Å². The molecule has 4 aliphatic rings. The molecule has 1 aromatic rings. The number of aromatic hydroxyl groups is 1. The molecule has 158 valence electrons. The number of benzene rings is 1. The number of fused-ring (bicyclic) bond motifs is 1. The monoisotopic (exact) mass is 399 g/mol. The Bertz CT molecular complexity index is 851. The molecule has 1 aromatic carbocycles. The number of rotatable bonds is 5. The SMILES string of the molecule is C=C1CC[C@@]2(OC)[C@H]3Cc4ccc(CON)c(O)c4[C@@]2(CC[N+]3(C)CC2CC2)C1. The van der Waals surface area contributed by atoms with Gasteiger partial charge in [0.05, 0.1) is 26.7 Å². The molecule has 0 radical (unpaired) electrons. The third-order valence-corrected chi connectivity index (χ3v) is 8.77. The molecule has 3 N–H and O–H groups in total. The summed E-state index contributed by atoms with van der Waals surface area (Å²) in [6.07, 6.45) is 7.63. The van der Waals surface area contributed by atoms with E-state index in [0.29, 0.717) is 11.8 Å². The first-order valence-electron chi connectivity index (χ1n) is 11.1. The highest BCUT2D eigenvalue weighted by Crippen LogP contribution is 2.63. The highest BCUT2D eigenvalue weighted by Gasteiger charge is 2.70. The number of quaternary nitrogens is 1. The van der Waals surface area contributed by atoms with E-state index < -0.39 is 0 Å². The van der Waals surface area contributed by atoms with Crippen LogP contribution in [-0.2, 0) is 28.0 Å². The van der Waals surface area contributed by atoms with Crippen LogP contribution in [0.3, 0.4) is 0 Å². The molecule has 0 aromatic heterocycles. The van der Waals surface area contributed by atoms with Crippen molar-refractivity contribution in [2.24, 2.45) is 11.8 Å². The van der Waals surface area contributed by atoms with Crippen molar-refractivity contribution in [2.45, 2.75) is 68.6 Å². The summed E-state index contributed by atoms with van der Waals surface area (Å²) < 4.78 is 7.67. The number of phenols is 1. The van der Waals surface area contributed by atoms with Crippen LogP contribution in [-0.4, -0.2) is 48.5 Å². The topological polar surface area (TPSA) is 64.7 Å². The number of methoxy groups -OCH3 is 1. The van der Waals surface area contributed by atoms with Gasteiger partial charge in [-0.3, -0.25) is 4.84 Å². The predicted octanol–water partition coefficient (Wildman–Crippen LogP) is 3.33. The Balaban J connectivity index is 1.72. The van der Waals surface area contributed by atoms with Gasteiger partial charge in [0.25, 0.3) is 0 Å². The van der Waals surface area contributed by atoms with Gasteiger partial charge in [0.15, 0.2) is 0 Å². The second-order valence-electron chi connectivity index (χ2n) is 10.3. The molecule has 2 saturated carbocycles. The zero-order valence-electron chi connectivity index (χ0n) is 17.9. The zero-order chi connectivity index (χ0) is 20.4. The molecule has 3 fully saturated rings. The molecule has 29 heavy (non-hydrogen) atoms. The molecule has 1 unspecified atom stereocenters. The van der Waals surface area contributed by atoms with Crippen molar-refractivity contribution in [3.63, 3.8) is 0 Å². The minimum Gasteiger partial charge on any atom is -0.507 e. The van der Waals surface area contributed by atoms with Gasteiger partial charge in [-0.25, -0.2) is 5.90 Å². The van der Waals surface area contributed by atoms with Gasteiger partial charge < -0.3 is 14.3 Å². The summed E-state index contributed by atoms with van der Waals surface area (Å²) in [6, 6.07) is 4.59. The first kappa shape index (κ1) is 19.6. The Kier molecular flexibility index (Phi) is 4.42. The smallest absolute Gasteiger partial charge is 0.130 e. The van der Waals surface area contributed by atoms with E-state index >= 15 is 0 Å². The van der Waals surface area contributed by atoms with Gasteiger partial charge in [0.1, 0.15) is 17.4 Å². The number of allylic oxidation sites excluding steroid dienone is 1. The third-order valence-electron chi connectivity index (χ3n) is 8.77. The van der Waals surface area contributed by atoms with Crippen LogP contribution >= 0.6 is 0 Å². The molecule has 5 heteroatoms. The van der Waals surface area contributed by atoms with Gasteiger partial charge in [-0.05, 0) is 37.7 Å². The zero-order valence-corrected chi connectivity index (χ0v) is 17.9. The maximum atomic E-state index is 11.4. The predicted molar refractivity (Wildman–Crippen MR) is 112 cm³/mol. The van der Waals surface area contributed by atoms with Crippen molar-refractivity contribution >= 4 is 0 Å². The molecule has 5 rings (SSSR count). The first-order chi connectivity index (χ1) is 13.9. The lowest BCUT2D eigenvalue weighted by Gasteiger charge is -2.67. The molecule has 4 atom stereocenters. The number of hydrogen-bond acceptors (Lipinski definition) is 4. The van der Waals surface area contributed by atoms with E-state index in [0.717, 1.165) is 60.2 Å². The van der Waals surface area contributed by atoms with Crippen molar-refractivity contribution in [3.8, 4) is 5.75 Å². The number of ether oxygens (including phenoxy) is 1. The van der Waals surface area contributed by atoms with E-state index in [1.807, 2.05) is 13.2 Å². The largest absolute Gasteiger partial charge is 0.507 e. The quantitative estimate of drug-likeness (QED) is 0.453. The van der Waals surface area contributed by atoms with Crippen molar-refractivity contribution in [2.75, 3.05) is 27.2 Å². The average Bonchev–Trinajstić information content (AvgIpc) is 3.50. The lowest BCUT2D eigenvalue weighted by Crippen LogP contribution is -2.78. The van der Waals surface area contributed by atoms with Crippen molar-refractivity contribution in [3.05, 3.63) is 41.0 Å². The van der Waals surface area contributed by atoms with E-state index in [9.17, 15) is 5.11 Å². The molecular weight excluding hydrogens is 364 g/mol. The number of likely N-dealkylation sites (tertiary alicyclic amines) is 1. The molecule has 0 spiro atoms. The molecular formula is C24H35N2O3+. The second-order valence-corrected chi connectivity index (χ2v) is 10.3. The summed E-state index contributed by atoms with van der Waals surface area (Å²) in [5.41, 5.74) is 3.93. The van der Waals surface area contributed by atoms with Gasteiger partial charge in [-0.15, -0.1) is 0 Å². The standard InChI is InChI=1S/C24H34N2O3/c1-16-8-9-24(28-3)20-12-18-6-7-19(15-29-25)22(27)21(18)23(24,13-16)10-11-26(20,2)14-17-4-5-17/h6-7,17,20H,1,4-5,8-15,25H2,2-3H3/p+1/t20-,23-,24-,26?/m1/s1. The normalized spacial score (nSPS) is 38.4. The van der Waals surface area contributed by atoms with Gasteiger partial charge in [0, 0.05) is 42.4 Å². The van der Waals surface area contributed by atoms with E-state index in [1.165, 1.54) is 30.5 Å². The van der Waals surface area contributed by atoms with Gasteiger partial charge in [-0.2, -0.15) is 0 Å². The van der Waals surface area contributed by atoms with Crippen molar-refractivity contribution in [1.29, 1.82) is 0 Å². The minimum atomic E-state index is -0.261. The summed E-state index contributed by atoms with van der Waals surface area (Å²) in [5.74, 6) is 6.58. The summed E-state index contributed by atoms with van der Waals surface area (Å²) in [4.78, 5) is 4.88. The number of hydrogen-bond donors (Lipinski definition) is 2. The van der Waals surface area contributed by atoms with E-state index in [-0.39, 0.29) is 17.6 Å². The Morgan fingerprint density at radius 3 is 2.79 bits per heavy atom. The number of likely N-dealkylation sites (N-methyl/N-ethyl adjacent to an activating group) is 1. The Morgan fingerprint density at radius 1 is 1.31 bits per heavy atom. The number of nitrogens with two attached hydrogens (primary N) is 1. The second kappa shape index (κ2) is 6.55. The van der Waals surface area contributed by atoms with Crippen molar-refractivity contribution in [1.82, 2.24) is 0 Å². The lowest BCUT2D eigenvalue weighted by atomic mass is 9.48. The van der Waals surface area contributed by atoms with Gasteiger partial charge in [0.2, 0.25) is 0 Å². The van der Waals surface area contributed by atoms with Gasteiger partial charge in [-0.1, -0.05) is 24.3 Å². The molecule has 2 bridgehead atoms. The van der Waals surface area contributed by atoms with Crippen molar-refractivity contribution < 1.29 is 19.2 Å². The molecule has 3 aliphatic carbocycles.